The molecule has 0 fully saturated rings. The second-order valence-corrected chi connectivity index (χ2v) is 5.16. The number of carboxylic acids is 1. The Morgan fingerprint density at radius 2 is 2.06 bits per heavy atom. The van der Waals surface area contributed by atoms with Crippen LogP contribution in [0.15, 0.2) is 18.2 Å². The van der Waals surface area contributed by atoms with E-state index in [9.17, 15) is 13.8 Å². The van der Waals surface area contributed by atoms with Gasteiger partial charge < -0.3 is 9.84 Å². The second-order valence-electron chi connectivity index (χ2n) is 3.71. The Balaban J connectivity index is 2.97. The van der Waals surface area contributed by atoms with Gasteiger partial charge in [0.2, 0.25) is 0 Å². The molecule has 0 radical (unpaired) electrons. The third kappa shape index (κ3) is 3.96. The van der Waals surface area contributed by atoms with E-state index < -0.39 is 22.5 Å². The average molecular weight is 270 g/mol. The fourth-order valence-electron chi connectivity index (χ4n) is 1.47. The zero-order valence-electron chi connectivity index (χ0n) is 10.1. The molecular formula is C12H14O5S. The van der Waals surface area contributed by atoms with Crippen LogP contribution in [0.3, 0.4) is 0 Å². The first-order chi connectivity index (χ1) is 8.43. The molecule has 5 nitrogen and oxygen atoms in total. The third-order valence-electron chi connectivity index (χ3n) is 2.29. The summed E-state index contributed by atoms with van der Waals surface area (Å²) in [6.45, 7) is 1.43. The zero-order chi connectivity index (χ0) is 13.7. The number of hydrogen-bond donors (Lipinski definition) is 1. The summed E-state index contributed by atoms with van der Waals surface area (Å²) in [5.74, 6) is -1.10. The maximum Gasteiger partial charge on any atom is 0.316 e. The average Bonchev–Trinajstić information content (AvgIpc) is 2.27. The standard InChI is InChI=1S/C12H14O5S/c1-8(13)9-3-4-11(17-2)10(5-9)6-18(16)7-12(14)15/h3-5H,6-7H2,1-2H3,(H,14,15). The summed E-state index contributed by atoms with van der Waals surface area (Å²) in [5, 5.41) is 8.55. The van der Waals surface area contributed by atoms with Crippen LogP contribution in [0.2, 0.25) is 0 Å². The Kier molecular flexibility index (Phi) is 5.03. The number of rotatable bonds is 6. The number of benzene rings is 1. The van der Waals surface area contributed by atoms with Crippen molar-refractivity contribution in [1.82, 2.24) is 0 Å². The second kappa shape index (κ2) is 6.30. The number of Topliss-reactive ketones (excluding diaryl/α,β-unsaturated/α-hetero) is 1. The Hall–Kier alpha value is -1.69. The Morgan fingerprint density at radius 1 is 1.39 bits per heavy atom. The minimum absolute atomic E-state index is 0.0522. The highest BCUT2D eigenvalue weighted by atomic mass is 32.2. The number of carboxylic acid groups (broad SMARTS) is 1. The molecule has 6 heteroatoms. The van der Waals surface area contributed by atoms with E-state index in [1.165, 1.54) is 14.0 Å². The molecule has 0 spiro atoms. The minimum Gasteiger partial charge on any atom is -0.496 e. The van der Waals surface area contributed by atoms with E-state index in [1.54, 1.807) is 18.2 Å². The molecule has 0 aliphatic carbocycles. The van der Waals surface area contributed by atoms with Crippen molar-refractivity contribution in [3.8, 4) is 5.75 Å². The lowest BCUT2D eigenvalue weighted by Crippen LogP contribution is -2.11. The van der Waals surface area contributed by atoms with Crippen LogP contribution in [0, 0.1) is 0 Å². The van der Waals surface area contributed by atoms with Crippen LogP contribution in [0.25, 0.3) is 0 Å². The minimum atomic E-state index is -1.53. The molecule has 1 aromatic carbocycles. The molecule has 0 amide bonds. The number of aliphatic carboxylic acids is 1. The van der Waals surface area contributed by atoms with Crippen LogP contribution in [0.4, 0.5) is 0 Å². The smallest absolute Gasteiger partial charge is 0.316 e. The fraction of sp³-hybridized carbons (Fsp3) is 0.333. The summed E-state index contributed by atoms with van der Waals surface area (Å²) < 4.78 is 16.7. The van der Waals surface area contributed by atoms with Gasteiger partial charge in [0.15, 0.2) is 5.78 Å². The maximum atomic E-state index is 11.6. The summed E-state index contributed by atoms with van der Waals surface area (Å²) >= 11 is 0. The van der Waals surface area contributed by atoms with Gasteiger partial charge in [-0.3, -0.25) is 13.8 Å². The van der Waals surface area contributed by atoms with Crippen LogP contribution in [-0.2, 0) is 21.3 Å². The summed E-state index contributed by atoms with van der Waals surface area (Å²) in [6, 6.07) is 4.82. The van der Waals surface area contributed by atoms with Gasteiger partial charge >= 0.3 is 5.97 Å². The summed E-state index contributed by atoms with van der Waals surface area (Å²) in [6.07, 6.45) is 0. The van der Waals surface area contributed by atoms with Crippen molar-refractivity contribution >= 4 is 22.6 Å². The van der Waals surface area contributed by atoms with Crippen LogP contribution >= 0.6 is 0 Å². The first-order valence-electron chi connectivity index (χ1n) is 5.18. The summed E-state index contributed by atoms with van der Waals surface area (Å²) in [4.78, 5) is 21.7. The molecule has 1 aromatic rings. The first kappa shape index (κ1) is 14.4. The van der Waals surface area contributed by atoms with Crippen LogP contribution in [0.5, 0.6) is 5.75 Å². The van der Waals surface area contributed by atoms with Crippen LogP contribution in [0.1, 0.15) is 22.8 Å². The topological polar surface area (TPSA) is 80.7 Å². The molecule has 0 aliphatic heterocycles. The molecule has 1 unspecified atom stereocenters. The first-order valence-corrected chi connectivity index (χ1v) is 6.67. The number of hydrogen-bond acceptors (Lipinski definition) is 4. The molecule has 0 bridgehead atoms. The third-order valence-corrected chi connectivity index (χ3v) is 3.49. The van der Waals surface area contributed by atoms with Gasteiger partial charge in [0.05, 0.1) is 12.9 Å². The van der Waals surface area contributed by atoms with Gasteiger partial charge in [-0.2, -0.15) is 0 Å². The normalized spacial score (nSPS) is 11.9. The van der Waals surface area contributed by atoms with E-state index in [2.05, 4.69) is 0 Å². The van der Waals surface area contributed by atoms with E-state index in [0.29, 0.717) is 16.9 Å². The van der Waals surface area contributed by atoms with Gasteiger partial charge in [0, 0.05) is 21.9 Å². The molecule has 0 saturated carbocycles. The van der Waals surface area contributed by atoms with Crippen molar-refractivity contribution in [3.05, 3.63) is 29.3 Å². The molecule has 1 atom stereocenters. The van der Waals surface area contributed by atoms with E-state index >= 15 is 0 Å². The lowest BCUT2D eigenvalue weighted by atomic mass is 10.1. The number of methoxy groups -OCH3 is 1. The lowest BCUT2D eigenvalue weighted by Gasteiger charge is -2.09. The zero-order valence-corrected chi connectivity index (χ0v) is 11.0. The quantitative estimate of drug-likeness (QED) is 0.786. The number of ether oxygens (including phenoxy) is 1. The summed E-state index contributed by atoms with van der Waals surface area (Å²) in [7, 11) is -0.0607. The molecule has 1 rings (SSSR count). The van der Waals surface area contributed by atoms with Gasteiger partial charge in [-0.15, -0.1) is 0 Å². The molecule has 18 heavy (non-hydrogen) atoms. The van der Waals surface area contributed by atoms with Crippen molar-refractivity contribution < 1.29 is 23.6 Å². The van der Waals surface area contributed by atoms with Gasteiger partial charge in [-0.1, -0.05) is 0 Å². The Bertz CT molecular complexity index is 495. The summed E-state index contributed by atoms with van der Waals surface area (Å²) in [5.41, 5.74) is 1.06. The van der Waals surface area contributed by atoms with Crippen molar-refractivity contribution in [2.45, 2.75) is 12.7 Å². The van der Waals surface area contributed by atoms with Gasteiger partial charge in [0.25, 0.3) is 0 Å². The maximum absolute atomic E-state index is 11.6. The highest BCUT2D eigenvalue weighted by molar-refractivity contribution is 7.84. The molecule has 0 aromatic heterocycles. The Labute approximate surface area is 107 Å². The van der Waals surface area contributed by atoms with Crippen LogP contribution in [-0.4, -0.2) is 33.9 Å². The predicted octanol–water partition coefficient (Wildman–Crippen LogP) is 1.23. The highest BCUT2D eigenvalue weighted by Crippen LogP contribution is 2.21. The number of carbonyl (C=O) groups is 2. The van der Waals surface area contributed by atoms with Crippen LogP contribution < -0.4 is 4.74 Å². The molecule has 1 N–H and O–H groups in total. The van der Waals surface area contributed by atoms with Crippen molar-refractivity contribution in [3.63, 3.8) is 0 Å². The largest absolute Gasteiger partial charge is 0.496 e. The van der Waals surface area contributed by atoms with E-state index in [-0.39, 0.29) is 11.5 Å². The van der Waals surface area contributed by atoms with E-state index in [1.807, 2.05) is 0 Å². The molecule has 0 saturated heterocycles. The lowest BCUT2D eigenvalue weighted by molar-refractivity contribution is -0.133. The molecule has 0 heterocycles. The van der Waals surface area contributed by atoms with Gasteiger partial charge in [-0.05, 0) is 25.1 Å². The fourth-order valence-corrected chi connectivity index (χ4v) is 2.42. The SMILES string of the molecule is COc1ccc(C(C)=O)cc1CS(=O)CC(=O)O. The van der Waals surface area contributed by atoms with Crippen molar-refractivity contribution in [1.29, 1.82) is 0 Å². The number of ketones is 1. The van der Waals surface area contributed by atoms with Gasteiger partial charge in [-0.25, -0.2) is 0 Å². The molecular weight excluding hydrogens is 256 g/mol. The molecule has 0 aliphatic rings. The Morgan fingerprint density at radius 3 is 2.56 bits per heavy atom. The van der Waals surface area contributed by atoms with Crippen molar-refractivity contribution in [2.24, 2.45) is 0 Å². The molecule has 98 valence electrons. The monoisotopic (exact) mass is 270 g/mol. The van der Waals surface area contributed by atoms with E-state index in [0.717, 1.165) is 0 Å². The highest BCUT2D eigenvalue weighted by Gasteiger charge is 2.12. The van der Waals surface area contributed by atoms with Crippen molar-refractivity contribution in [2.75, 3.05) is 12.9 Å². The van der Waals surface area contributed by atoms with E-state index in [4.69, 9.17) is 9.84 Å². The predicted molar refractivity (Wildman–Crippen MR) is 67.3 cm³/mol. The van der Waals surface area contributed by atoms with Gasteiger partial charge in [0.1, 0.15) is 11.5 Å². The number of carbonyl (C=O) groups excluding carboxylic acids is 1.